The molecule has 74 heavy (non-hydrogen) atoms. The van der Waals surface area contributed by atoms with Gasteiger partial charge in [-0.05, 0) is 160 Å². The Hall–Kier alpha value is -6.20. The van der Waals surface area contributed by atoms with E-state index in [4.69, 9.17) is 18.9 Å². The second-order valence-electron chi connectivity index (χ2n) is 18.4. The number of amides is 4. The van der Waals surface area contributed by atoms with Crippen LogP contribution >= 0.6 is 0 Å². The number of nitrogens with one attached hydrogen (secondary N) is 4. The van der Waals surface area contributed by atoms with Crippen LogP contribution in [0.1, 0.15) is 103 Å². The number of rotatable bonds is 33. The molecule has 16 heteroatoms. The Morgan fingerprint density at radius 3 is 0.878 bits per heavy atom. The van der Waals surface area contributed by atoms with Gasteiger partial charge in [0.05, 0.1) is 11.4 Å². The Labute approximate surface area is 441 Å². The standard InChI is InChI=1S/C58H84N10O6/c1-9-65(10-2)31-35-71-43-21-25-47-48-26-22-44(72-36-32-66(11-3)12-4)40-52(48)55(51(47)39-43)61-63-57(69)59-29-19-17-18-20-30-60-58(70)64-62-56-53-41-45(73-37-33-67(13-5)14-6)23-27-49(53)50-28-24-46(42-54(50)56)74-38-34-68(15-7)16-8/h21-28,39-42H,9-20,29-38H2,1-8H3,(H2,59,63,69)(H2,60,64,70). The SMILES string of the molecule is CCN(CC)CCOc1ccc2c(c1)C(=NNC(=O)NCCCCCCNC(=O)NN=C1c3cc(OCCN(CC)CC)ccc3-c3ccc(OCCN(CC)CC)cc31)c1cc(OCCN(CC)CC)ccc1-2. The molecule has 4 amide bonds. The quantitative estimate of drug-likeness (QED) is 0.0232. The van der Waals surface area contributed by atoms with Gasteiger partial charge in [0.25, 0.3) is 0 Å². The second kappa shape index (κ2) is 30.2. The average Bonchev–Trinajstić information content (AvgIpc) is 3.91. The molecule has 16 nitrogen and oxygen atoms in total. The minimum absolute atomic E-state index is 0.378. The van der Waals surface area contributed by atoms with Gasteiger partial charge < -0.3 is 49.2 Å². The van der Waals surface area contributed by atoms with Gasteiger partial charge in [0.1, 0.15) is 49.4 Å². The topological polar surface area (TPSA) is 157 Å². The van der Waals surface area contributed by atoms with Gasteiger partial charge in [-0.15, -0.1) is 0 Å². The number of ether oxygens (including phenoxy) is 4. The molecule has 0 saturated carbocycles. The Balaban J connectivity index is 0.991. The number of benzene rings is 4. The van der Waals surface area contributed by atoms with Gasteiger partial charge in [-0.3, -0.25) is 0 Å². The van der Waals surface area contributed by atoms with Crippen LogP contribution in [0, 0.1) is 0 Å². The van der Waals surface area contributed by atoms with Gasteiger partial charge in [-0.25, -0.2) is 20.4 Å². The number of hydrazone groups is 2. The smallest absolute Gasteiger partial charge is 0.335 e. The van der Waals surface area contributed by atoms with Crippen molar-refractivity contribution in [3.05, 3.63) is 95.1 Å². The molecule has 0 radical (unpaired) electrons. The van der Waals surface area contributed by atoms with Crippen LogP contribution < -0.4 is 40.4 Å². The number of nitrogens with zero attached hydrogens (tertiary/aromatic N) is 6. The average molecular weight is 1020 g/mol. The van der Waals surface area contributed by atoms with E-state index in [2.05, 4.69) is 131 Å². The first-order valence-electron chi connectivity index (χ1n) is 27.4. The molecule has 0 aromatic heterocycles. The normalized spacial score (nSPS) is 12.2. The summed E-state index contributed by atoms with van der Waals surface area (Å²) in [6, 6.07) is 23.6. The number of hydrogen-bond acceptors (Lipinski definition) is 12. The molecule has 0 heterocycles. The van der Waals surface area contributed by atoms with Gasteiger partial charge in [-0.1, -0.05) is 68.2 Å². The third-order valence-corrected chi connectivity index (χ3v) is 14.1. The summed E-state index contributed by atoms with van der Waals surface area (Å²) in [5.74, 6) is 3.02. The van der Waals surface area contributed by atoms with Crippen molar-refractivity contribution in [1.29, 1.82) is 0 Å². The van der Waals surface area contributed by atoms with Gasteiger partial charge >= 0.3 is 12.1 Å². The van der Waals surface area contributed by atoms with Crippen molar-refractivity contribution in [1.82, 2.24) is 41.1 Å². The lowest BCUT2D eigenvalue weighted by molar-refractivity contribution is 0.223. The van der Waals surface area contributed by atoms with Crippen molar-refractivity contribution in [2.75, 3.05) is 118 Å². The van der Waals surface area contributed by atoms with E-state index in [1.54, 1.807) is 0 Å². The largest absolute Gasteiger partial charge is 0.492 e. The number of urea groups is 2. The molecule has 0 aliphatic heterocycles. The Morgan fingerprint density at radius 1 is 0.378 bits per heavy atom. The highest BCUT2D eigenvalue weighted by atomic mass is 16.5. The summed E-state index contributed by atoms with van der Waals surface area (Å²) in [4.78, 5) is 35.5. The third kappa shape index (κ3) is 16.1. The zero-order valence-corrected chi connectivity index (χ0v) is 45.6. The number of carbonyl (C=O) groups is 2. The summed E-state index contributed by atoms with van der Waals surface area (Å²) in [6.07, 6.45) is 3.31. The molecule has 2 aliphatic rings. The van der Waals surface area contributed by atoms with E-state index in [-0.39, 0.29) is 12.1 Å². The van der Waals surface area contributed by atoms with Crippen molar-refractivity contribution in [2.45, 2.75) is 81.1 Å². The maximum atomic E-state index is 13.1. The van der Waals surface area contributed by atoms with Crippen LogP contribution in [-0.2, 0) is 0 Å². The maximum Gasteiger partial charge on any atom is 0.335 e. The molecule has 0 fully saturated rings. The first-order valence-corrected chi connectivity index (χ1v) is 27.4. The predicted molar refractivity (Wildman–Crippen MR) is 300 cm³/mol. The summed E-state index contributed by atoms with van der Waals surface area (Å²) in [5.41, 5.74) is 14.5. The van der Waals surface area contributed by atoms with E-state index in [0.29, 0.717) is 50.9 Å². The number of hydrogen-bond donors (Lipinski definition) is 4. The lowest BCUT2D eigenvalue weighted by Crippen LogP contribution is -2.34. The molecule has 0 bridgehead atoms. The van der Waals surface area contributed by atoms with E-state index < -0.39 is 0 Å². The minimum Gasteiger partial charge on any atom is -0.492 e. The fraction of sp³-hybridized carbons (Fsp3) is 0.517. The highest BCUT2D eigenvalue weighted by Crippen LogP contribution is 2.42. The third-order valence-electron chi connectivity index (χ3n) is 14.1. The van der Waals surface area contributed by atoms with Crippen LogP contribution in [0.3, 0.4) is 0 Å². The molecule has 4 N–H and O–H groups in total. The molecule has 4 aromatic carbocycles. The highest BCUT2D eigenvalue weighted by Gasteiger charge is 2.29. The van der Waals surface area contributed by atoms with Crippen LogP contribution in [0.15, 0.2) is 83.0 Å². The van der Waals surface area contributed by atoms with Crippen molar-refractivity contribution >= 4 is 23.5 Å². The van der Waals surface area contributed by atoms with Crippen LogP contribution in [0.5, 0.6) is 23.0 Å². The van der Waals surface area contributed by atoms with Crippen molar-refractivity contribution < 1.29 is 28.5 Å². The van der Waals surface area contributed by atoms with Crippen molar-refractivity contribution in [2.24, 2.45) is 10.2 Å². The summed E-state index contributed by atoms with van der Waals surface area (Å²) in [7, 11) is 0. The van der Waals surface area contributed by atoms with E-state index in [1.165, 1.54) is 0 Å². The fourth-order valence-corrected chi connectivity index (χ4v) is 9.34. The molecule has 4 aromatic rings. The lowest BCUT2D eigenvalue weighted by Gasteiger charge is -2.18. The molecule has 402 valence electrons. The number of likely N-dealkylation sites (N-methyl/N-ethyl adjacent to an activating group) is 4. The molecular weight excluding hydrogens is 933 g/mol. The van der Waals surface area contributed by atoms with Crippen molar-refractivity contribution in [3.8, 4) is 45.3 Å². The van der Waals surface area contributed by atoms with Gasteiger partial charge in [0.15, 0.2) is 0 Å². The van der Waals surface area contributed by atoms with E-state index in [1.807, 2.05) is 48.5 Å². The van der Waals surface area contributed by atoms with Crippen molar-refractivity contribution in [3.63, 3.8) is 0 Å². The van der Waals surface area contributed by atoms with Crippen LogP contribution in [-0.4, -0.2) is 161 Å². The predicted octanol–water partition coefficient (Wildman–Crippen LogP) is 8.89. The lowest BCUT2D eigenvalue weighted by atomic mass is 10.1. The molecule has 0 spiro atoms. The van der Waals surface area contributed by atoms with Crippen LogP contribution in [0.2, 0.25) is 0 Å². The van der Waals surface area contributed by atoms with Crippen LogP contribution in [0.25, 0.3) is 22.3 Å². The van der Waals surface area contributed by atoms with Gasteiger partial charge in [-0.2, -0.15) is 10.2 Å². The van der Waals surface area contributed by atoms with Gasteiger partial charge in [0.2, 0.25) is 0 Å². The first kappa shape index (κ1) is 57.1. The first-order chi connectivity index (χ1) is 36.2. The zero-order chi connectivity index (χ0) is 52.7. The number of fused-ring (bicyclic) bond motifs is 6. The van der Waals surface area contributed by atoms with E-state index in [0.717, 1.165) is 172 Å². The number of unbranched alkanes of at least 4 members (excludes halogenated alkanes) is 3. The molecular formula is C58H84N10O6. The van der Waals surface area contributed by atoms with Crippen LogP contribution in [0.4, 0.5) is 9.59 Å². The Morgan fingerprint density at radius 2 is 0.635 bits per heavy atom. The van der Waals surface area contributed by atoms with Gasteiger partial charge in [0, 0.05) is 61.5 Å². The minimum atomic E-state index is -0.378. The fourth-order valence-electron chi connectivity index (χ4n) is 9.34. The molecule has 0 atom stereocenters. The van der Waals surface area contributed by atoms with E-state index >= 15 is 0 Å². The molecule has 0 unspecified atom stereocenters. The Kier molecular flexibility index (Phi) is 23.3. The zero-order valence-electron chi connectivity index (χ0n) is 45.6. The molecule has 6 rings (SSSR count). The maximum absolute atomic E-state index is 13.1. The summed E-state index contributed by atoms with van der Waals surface area (Å²) in [5, 5.41) is 15.3. The second-order valence-corrected chi connectivity index (χ2v) is 18.4. The summed E-state index contributed by atoms with van der Waals surface area (Å²) >= 11 is 0. The number of carbonyl (C=O) groups excluding carboxylic acids is 2. The Bertz CT molecular complexity index is 2160. The monoisotopic (exact) mass is 1020 g/mol. The van der Waals surface area contributed by atoms with E-state index in [9.17, 15) is 9.59 Å². The molecule has 2 aliphatic carbocycles. The summed E-state index contributed by atoms with van der Waals surface area (Å²) in [6.45, 7) is 31.6. The highest BCUT2D eigenvalue weighted by molar-refractivity contribution is 6.25. The molecule has 0 saturated heterocycles. The summed E-state index contributed by atoms with van der Waals surface area (Å²) < 4.78 is 24.8.